The van der Waals surface area contributed by atoms with Gasteiger partial charge in [-0.15, -0.1) is 6.42 Å². The maximum absolute atomic E-state index is 5.36. The van der Waals surface area contributed by atoms with Gasteiger partial charge >= 0.3 is 0 Å². The number of hydrogen-bond acceptors (Lipinski definition) is 2. The average Bonchev–Trinajstić information content (AvgIpc) is 2.67. The zero-order valence-electron chi connectivity index (χ0n) is 9.26. The Hall–Kier alpha value is -0.520. The molecule has 0 aliphatic carbocycles. The lowest BCUT2D eigenvalue weighted by Gasteiger charge is -2.23. The number of terminal acetylenes is 1. The quantitative estimate of drug-likeness (QED) is 0.644. The first-order chi connectivity index (χ1) is 6.86. The van der Waals surface area contributed by atoms with E-state index in [0.29, 0.717) is 6.04 Å². The Morgan fingerprint density at radius 2 is 2.43 bits per heavy atom. The molecule has 1 aliphatic heterocycles. The van der Waals surface area contributed by atoms with Crippen LogP contribution < -0.4 is 5.32 Å². The number of hydrogen-bond donors (Lipinski definition) is 1. The Morgan fingerprint density at radius 1 is 1.57 bits per heavy atom. The van der Waals surface area contributed by atoms with E-state index < -0.39 is 0 Å². The minimum absolute atomic E-state index is 0.681. The fourth-order valence-corrected chi connectivity index (χ4v) is 1.97. The van der Waals surface area contributed by atoms with Crippen molar-refractivity contribution in [3.63, 3.8) is 0 Å². The highest BCUT2D eigenvalue weighted by atomic mass is 15.1. The lowest BCUT2D eigenvalue weighted by Crippen LogP contribution is -2.38. The minimum Gasteiger partial charge on any atom is -0.313 e. The van der Waals surface area contributed by atoms with Gasteiger partial charge in [0.05, 0.1) is 6.54 Å². The second kappa shape index (κ2) is 6.86. The molecule has 1 rings (SSSR count). The van der Waals surface area contributed by atoms with Gasteiger partial charge in [-0.2, -0.15) is 0 Å². The standard InChI is InChI=1S/C12H22N2/c1-3-5-10-14(9-4-2)11-12-7-6-8-13-12/h2,12-13H,3,5-11H2,1H3. The molecule has 0 aromatic heterocycles. The van der Waals surface area contributed by atoms with E-state index in [9.17, 15) is 0 Å². The van der Waals surface area contributed by atoms with Crippen molar-refractivity contribution in [1.82, 2.24) is 10.2 Å². The largest absolute Gasteiger partial charge is 0.313 e. The molecule has 2 nitrogen and oxygen atoms in total. The van der Waals surface area contributed by atoms with Crippen LogP contribution in [-0.4, -0.2) is 37.1 Å². The Labute approximate surface area is 88.1 Å². The third-order valence-electron chi connectivity index (χ3n) is 2.78. The van der Waals surface area contributed by atoms with Gasteiger partial charge in [-0.05, 0) is 32.4 Å². The SMILES string of the molecule is C#CCN(CCCC)CC1CCCN1. The van der Waals surface area contributed by atoms with Crippen molar-refractivity contribution in [2.75, 3.05) is 26.2 Å². The van der Waals surface area contributed by atoms with Gasteiger partial charge in [-0.3, -0.25) is 4.90 Å². The smallest absolute Gasteiger partial charge is 0.0599 e. The van der Waals surface area contributed by atoms with Crippen LogP contribution in [0.2, 0.25) is 0 Å². The normalized spacial score (nSPS) is 21.4. The maximum atomic E-state index is 5.36. The van der Waals surface area contributed by atoms with Crippen molar-refractivity contribution in [2.45, 2.75) is 38.6 Å². The molecule has 1 aliphatic rings. The molecule has 1 fully saturated rings. The molecule has 0 spiro atoms. The molecular weight excluding hydrogens is 172 g/mol. The Balaban J connectivity index is 2.22. The molecule has 80 valence electrons. The fraction of sp³-hybridized carbons (Fsp3) is 0.833. The first-order valence-electron chi connectivity index (χ1n) is 5.76. The zero-order chi connectivity index (χ0) is 10.2. The summed E-state index contributed by atoms with van der Waals surface area (Å²) in [6.45, 7) is 6.49. The number of rotatable bonds is 6. The van der Waals surface area contributed by atoms with Crippen LogP contribution in [0.3, 0.4) is 0 Å². The molecular formula is C12H22N2. The van der Waals surface area contributed by atoms with Crippen LogP contribution in [0.4, 0.5) is 0 Å². The van der Waals surface area contributed by atoms with Gasteiger partial charge in [0.2, 0.25) is 0 Å². The molecule has 0 aromatic carbocycles. The van der Waals surface area contributed by atoms with Crippen molar-refractivity contribution in [2.24, 2.45) is 0 Å². The summed E-state index contributed by atoms with van der Waals surface area (Å²) < 4.78 is 0. The van der Waals surface area contributed by atoms with E-state index in [2.05, 4.69) is 23.1 Å². The van der Waals surface area contributed by atoms with E-state index >= 15 is 0 Å². The molecule has 1 atom stereocenters. The predicted molar refractivity (Wildman–Crippen MR) is 61.2 cm³/mol. The molecule has 0 bridgehead atoms. The highest BCUT2D eigenvalue weighted by molar-refractivity contribution is 4.90. The summed E-state index contributed by atoms with van der Waals surface area (Å²) in [6.07, 6.45) is 10.5. The van der Waals surface area contributed by atoms with Crippen LogP contribution in [0.1, 0.15) is 32.6 Å². The van der Waals surface area contributed by atoms with Gasteiger partial charge in [0.15, 0.2) is 0 Å². The van der Waals surface area contributed by atoms with Gasteiger partial charge in [-0.1, -0.05) is 19.3 Å². The molecule has 0 radical (unpaired) electrons. The van der Waals surface area contributed by atoms with E-state index in [1.54, 1.807) is 0 Å². The molecule has 1 saturated heterocycles. The topological polar surface area (TPSA) is 15.3 Å². The average molecular weight is 194 g/mol. The Morgan fingerprint density at radius 3 is 3.00 bits per heavy atom. The Kier molecular flexibility index (Phi) is 5.66. The molecule has 0 saturated carbocycles. The lowest BCUT2D eigenvalue weighted by atomic mass is 10.2. The van der Waals surface area contributed by atoms with Crippen LogP contribution in [0.5, 0.6) is 0 Å². The molecule has 14 heavy (non-hydrogen) atoms. The first kappa shape index (κ1) is 11.6. The highest BCUT2D eigenvalue weighted by Gasteiger charge is 2.16. The van der Waals surface area contributed by atoms with Gasteiger partial charge in [0, 0.05) is 12.6 Å². The summed E-state index contributed by atoms with van der Waals surface area (Å²) in [6, 6.07) is 0.681. The molecule has 0 aromatic rings. The maximum Gasteiger partial charge on any atom is 0.0599 e. The van der Waals surface area contributed by atoms with Gasteiger partial charge < -0.3 is 5.32 Å². The summed E-state index contributed by atoms with van der Waals surface area (Å²) in [5, 5.41) is 3.51. The molecule has 1 heterocycles. The number of unbranched alkanes of at least 4 members (excludes halogenated alkanes) is 1. The third-order valence-corrected chi connectivity index (χ3v) is 2.78. The fourth-order valence-electron chi connectivity index (χ4n) is 1.97. The summed E-state index contributed by atoms with van der Waals surface area (Å²) in [5.74, 6) is 2.75. The minimum atomic E-state index is 0.681. The molecule has 2 heteroatoms. The van der Waals surface area contributed by atoms with Crippen LogP contribution >= 0.6 is 0 Å². The Bertz CT molecular complexity index is 177. The molecule has 0 amide bonds. The van der Waals surface area contributed by atoms with E-state index in [1.165, 1.54) is 32.2 Å². The molecule has 1 unspecified atom stereocenters. The number of nitrogens with zero attached hydrogens (tertiary/aromatic N) is 1. The van der Waals surface area contributed by atoms with Crippen LogP contribution in [0.25, 0.3) is 0 Å². The van der Waals surface area contributed by atoms with Crippen molar-refractivity contribution >= 4 is 0 Å². The second-order valence-corrected chi connectivity index (χ2v) is 4.09. The van der Waals surface area contributed by atoms with Gasteiger partial charge in [0.1, 0.15) is 0 Å². The van der Waals surface area contributed by atoms with E-state index in [4.69, 9.17) is 6.42 Å². The van der Waals surface area contributed by atoms with E-state index in [-0.39, 0.29) is 0 Å². The first-order valence-corrected chi connectivity index (χ1v) is 5.76. The van der Waals surface area contributed by atoms with Gasteiger partial charge in [0.25, 0.3) is 0 Å². The second-order valence-electron chi connectivity index (χ2n) is 4.09. The summed E-state index contributed by atoms with van der Waals surface area (Å²) in [5.41, 5.74) is 0. The van der Waals surface area contributed by atoms with Gasteiger partial charge in [-0.25, -0.2) is 0 Å². The highest BCUT2D eigenvalue weighted by Crippen LogP contribution is 2.07. The van der Waals surface area contributed by atoms with E-state index in [1.807, 2.05) is 0 Å². The van der Waals surface area contributed by atoms with Crippen molar-refractivity contribution < 1.29 is 0 Å². The van der Waals surface area contributed by atoms with Crippen molar-refractivity contribution in [3.8, 4) is 12.3 Å². The van der Waals surface area contributed by atoms with Crippen LogP contribution in [0, 0.1) is 12.3 Å². The molecule has 1 N–H and O–H groups in total. The summed E-state index contributed by atoms with van der Waals surface area (Å²) >= 11 is 0. The van der Waals surface area contributed by atoms with E-state index in [0.717, 1.165) is 19.6 Å². The zero-order valence-corrected chi connectivity index (χ0v) is 9.26. The third kappa shape index (κ3) is 4.13. The van der Waals surface area contributed by atoms with Crippen LogP contribution in [0.15, 0.2) is 0 Å². The van der Waals surface area contributed by atoms with Crippen molar-refractivity contribution in [1.29, 1.82) is 0 Å². The van der Waals surface area contributed by atoms with Crippen LogP contribution in [-0.2, 0) is 0 Å². The summed E-state index contributed by atoms with van der Waals surface area (Å²) in [7, 11) is 0. The number of nitrogens with one attached hydrogen (secondary N) is 1. The van der Waals surface area contributed by atoms with Crippen molar-refractivity contribution in [3.05, 3.63) is 0 Å². The predicted octanol–water partition coefficient (Wildman–Crippen LogP) is 1.47. The lowest BCUT2D eigenvalue weighted by molar-refractivity contribution is 0.273. The summed E-state index contributed by atoms with van der Waals surface area (Å²) in [4.78, 5) is 2.40. The monoisotopic (exact) mass is 194 g/mol.